The van der Waals surface area contributed by atoms with Gasteiger partial charge in [-0.1, -0.05) is 5.16 Å². The van der Waals surface area contributed by atoms with E-state index in [-0.39, 0.29) is 36.2 Å². The number of carbonyl (C=O) groups is 2. The monoisotopic (exact) mass is 524 g/mol. The fraction of sp³-hybridized carbons (Fsp3) is 0.350. The zero-order chi connectivity index (χ0) is 25.8. The van der Waals surface area contributed by atoms with Gasteiger partial charge in [0.2, 0.25) is 5.91 Å². The van der Waals surface area contributed by atoms with Gasteiger partial charge in [-0.25, -0.2) is 9.29 Å². The fourth-order valence-corrected chi connectivity index (χ4v) is 4.80. The van der Waals surface area contributed by atoms with Crippen LogP contribution in [0.25, 0.3) is 0 Å². The molecule has 0 aliphatic carbocycles. The molecule has 2 heterocycles. The number of hydrogen-bond acceptors (Lipinski definition) is 11. The molecule has 1 saturated heterocycles. The van der Waals surface area contributed by atoms with Gasteiger partial charge in [-0.2, -0.15) is 8.42 Å². The summed E-state index contributed by atoms with van der Waals surface area (Å²) in [5, 5.41) is 5.58. The smallest absolute Gasteiger partial charge is 0.362 e. The number of thiazole rings is 1. The second kappa shape index (κ2) is 10.8. The standard InChI is InChI=1S/C20H24N6O7S2/c1-11-14(19(28)26(11)35(29,30)31)9-16(27)17(15-10-34-20(22)24-15)25-33-8-7-32-13-5-3-12(4-6-13)18(21)23-2/h3-6,10-11,14H,7-9H2,1-2H3,(H2,21,23)(H2,22,24)(H,29,30,31)/b25-17-/t11-,14-/m0/s1. The molecule has 1 amide bonds. The Kier molecular flexibility index (Phi) is 8.03. The van der Waals surface area contributed by atoms with E-state index in [9.17, 15) is 18.0 Å². The fourth-order valence-electron chi connectivity index (χ4n) is 3.32. The number of amides is 1. The van der Waals surface area contributed by atoms with Gasteiger partial charge in [0.1, 0.15) is 23.9 Å². The van der Waals surface area contributed by atoms with Gasteiger partial charge < -0.3 is 21.0 Å². The van der Waals surface area contributed by atoms with Crippen molar-refractivity contribution < 1.29 is 32.1 Å². The lowest BCUT2D eigenvalue weighted by Gasteiger charge is -2.41. The average Bonchev–Trinajstić information content (AvgIpc) is 3.24. The van der Waals surface area contributed by atoms with E-state index in [2.05, 4.69) is 15.1 Å². The SMILES string of the molecule is CN=C(N)c1ccc(OCCO/N=C(\C(=O)C[C@@H]2C(=O)N(S(=O)(=O)O)[C@H]2C)c2csc(N)n2)cc1. The molecule has 0 saturated carbocycles. The first-order valence-electron chi connectivity index (χ1n) is 10.2. The van der Waals surface area contributed by atoms with Crippen LogP contribution in [0.2, 0.25) is 0 Å². The summed E-state index contributed by atoms with van der Waals surface area (Å²) in [6.07, 6.45) is -0.349. The van der Waals surface area contributed by atoms with E-state index in [1.54, 1.807) is 31.3 Å². The normalized spacial score (nSPS) is 18.8. The Morgan fingerprint density at radius 2 is 1.97 bits per heavy atom. The number of aliphatic imine (C=N–C) groups is 1. The molecule has 35 heavy (non-hydrogen) atoms. The van der Waals surface area contributed by atoms with Crippen LogP contribution in [-0.2, 0) is 24.7 Å². The summed E-state index contributed by atoms with van der Waals surface area (Å²) in [5.41, 5.74) is 12.2. The number of Topliss-reactive ketones (excluding diaryl/α,β-unsaturated/α-hetero) is 1. The number of nitrogens with two attached hydrogens (primary N) is 2. The number of ketones is 1. The molecule has 0 spiro atoms. The number of rotatable bonds is 11. The van der Waals surface area contributed by atoms with Crippen LogP contribution in [0, 0.1) is 5.92 Å². The molecule has 1 aromatic carbocycles. The van der Waals surface area contributed by atoms with E-state index in [0.29, 0.717) is 15.9 Å². The number of carbonyl (C=O) groups excluding carboxylic acids is 2. The third-order valence-electron chi connectivity index (χ3n) is 5.16. The number of nitrogen functional groups attached to an aromatic ring is 1. The van der Waals surface area contributed by atoms with Crippen molar-refractivity contribution in [3.05, 3.63) is 40.9 Å². The van der Waals surface area contributed by atoms with Gasteiger partial charge in [0, 0.05) is 24.4 Å². The highest BCUT2D eigenvalue weighted by molar-refractivity contribution is 7.84. The molecule has 1 aliphatic rings. The van der Waals surface area contributed by atoms with Gasteiger partial charge in [0.25, 0.3) is 0 Å². The maximum absolute atomic E-state index is 12.9. The lowest BCUT2D eigenvalue weighted by atomic mass is 9.86. The summed E-state index contributed by atoms with van der Waals surface area (Å²) in [6.45, 7) is 1.52. The van der Waals surface area contributed by atoms with Gasteiger partial charge >= 0.3 is 10.3 Å². The quantitative estimate of drug-likeness (QED) is 0.0926. The first kappa shape index (κ1) is 26.1. The highest BCUT2D eigenvalue weighted by Gasteiger charge is 2.51. The molecule has 0 radical (unpaired) electrons. The maximum Gasteiger partial charge on any atom is 0.362 e. The van der Waals surface area contributed by atoms with Crippen LogP contribution in [0.5, 0.6) is 5.75 Å². The van der Waals surface area contributed by atoms with Crippen LogP contribution >= 0.6 is 11.3 Å². The summed E-state index contributed by atoms with van der Waals surface area (Å²) in [6, 6.07) is 6.06. The first-order chi connectivity index (χ1) is 16.5. The zero-order valence-corrected chi connectivity index (χ0v) is 20.5. The molecule has 13 nitrogen and oxygen atoms in total. The number of amidine groups is 1. The Morgan fingerprint density at radius 1 is 1.29 bits per heavy atom. The summed E-state index contributed by atoms with van der Waals surface area (Å²) in [5.74, 6) is -1.45. The Hall–Kier alpha value is -3.56. The number of nitrogens with zero attached hydrogens (tertiary/aromatic N) is 4. The molecule has 0 unspecified atom stereocenters. The maximum atomic E-state index is 12.9. The van der Waals surface area contributed by atoms with E-state index in [4.69, 9.17) is 25.6 Å². The van der Waals surface area contributed by atoms with E-state index in [0.717, 1.165) is 16.9 Å². The van der Waals surface area contributed by atoms with Crippen LogP contribution < -0.4 is 16.2 Å². The molecule has 2 aromatic rings. The van der Waals surface area contributed by atoms with Crippen molar-refractivity contribution in [2.45, 2.75) is 19.4 Å². The van der Waals surface area contributed by atoms with Crippen molar-refractivity contribution in [1.82, 2.24) is 9.29 Å². The third-order valence-corrected chi connectivity index (χ3v) is 6.84. The molecule has 3 rings (SSSR count). The van der Waals surface area contributed by atoms with Crippen LogP contribution in [0.15, 0.2) is 39.8 Å². The Bertz CT molecular complexity index is 1260. The summed E-state index contributed by atoms with van der Waals surface area (Å²) < 4.78 is 37.6. The second-order valence-electron chi connectivity index (χ2n) is 7.41. The lowest BCUT2D eigenvalue weighted by molar-refractivity contribution is -0.147. The van der Waals surface area contributed by atoms with Gasteiger partial charge in [0.05, 0.1) is 12.0 Å². The minimum absolute atomic E-state index is 0.00793. The van der Waals surface area contributed by atoms with Crippen molar-refractivity contribution in [2.24, 2.45) is 21.8 Å². The number of oxime groups is 1. The van der Waals surface area contributed by atoms with Crippen molar-refractivity contribution in [3.8, 4) is 5.75 Å². The van der Waals surface area contributed by atoms with E-state index >= 15 is 0 Å². The number of aromatic nitrogens is 1. The number of benzene rings is 1. The summed E-state index contributed by atoms with van der Waals surface area (Å²) in [7, 11) is -3.10. The molecule has 1 aromatic heterocycles. The largest absolute Gasteiger partial charge is 0.490 e. The van der Waals surface area contributed by atoms with E-state index in [1.165, 1.54) is 12.3 Å². The van der Waals surface area contributed by atoms with Gasteiger partial charge in [-0.05, 0) is 31.2 Å². The Labute approximate surface area is 205 Å². The van der Waals surface area contributed by atoms with Crippen LogP contribution in [0.1, 0.15) is 24.6 Å². The Morgan fingerprint density at radius 3 is 2.51 bits per heavy atom. The van der Waals surface area contributed by atoms with Crippen molar-refractivity contribution in [2.75, 3.05) is 26.0 Å². The lowest BCUT2D eigenvalue weighted by Crippen LogP contribution is -2.62. The van der Waals surface area contributed by atoms with Gasteiger partial charge in [-0.15, -0.1) is 11.3 Å². The number of anilines is 1. The van der Waals surface area contributed by atoms with Crippen LogP contribution in [0.4, 0.5) is 5.13 Å². The minimum atomic E-state index is -4.69. The van der Waals surface area contributed by atoms with E-state index < -0.39 is 34.0 Å². The van der Waals surface area contributed by atoms with Crippen molar-refractivity contribution in [1.29, 1.82) is 0 Å². The highest BCUT2D eigenvalue weighted by Crippen LogP contribution is 2.32. The van der Waals surface area contributed by atoms with Crippen molar-refractivity contribution >= 4 is 50.0 Å². The van der Waals surface area contributed by atoms with Crippen molar-refractivity contribution in [3.63, 3.8) is 0 Å². The molecule has 5 N–H and O–H groups in total. The predicted molar refractivity (Wildman–Crippen MR) is 129 cm³/mol. The van der Waals surface area contributed by atoms with Crippen LogP contribution in [0.3, 0.4) is 0 Å². The molecule has 0 bridgehead atoms. The topological polar surface area (TPSA) is 200 Å². The molecule has 1 fully saturated rings. The van der Waals surface area contributed by atoms with E-state index in [1.807, 2.05) is 0 Å². The minimum Gasteiger partial charge on any atom is -0.490 e. The Balaban J connectivity index is 1.61. The summed E-state index contributed by atoms with van der Waals surface area (Å²) >= 11 is 1.09. The average molecular weight is 525 g/mol. The molecule has 15 heteroatoms. The first-order valence-corrected chi connectivity index (χ1v) is 12.5. The number of hydrogen-bond donors (Lipinski definition) is 3. The van der Waals surface area contributed by atoms with Crippen LogP contribution in [-0.4, -0.2) is 71.8 Å². The number of ether oxygens (including phenoxy) is 1. The third kappa shape index (κ3) is 6.12. The second-order valence-corrected chi connectivity index (χ2v) is 9.59. The predicted octanol–water partition coefficient (Wildman–Crippen LogP) is 0.469. The molecule has 2 atom stereocenters. The molecule has 188 valence electrons. The molecule has 1 aliphatic heterocycles. The van der Waals surface area contributed by atoms with Gasteiger partial charge in [-0.3, -0.25) is 19.1 Å². The number of β-lactam (4-membered cyclic amide) rings is 1. The summed E-state index contributed by atoms with van der Waals surface area (Å²) in [4.78, 5) is 38.2. The zero-order valence-electron chi connectivity index (χ0n) is 18.8. The van der Waals surface area contributed by atoms with Gasteiger partial charge in [0.15, 0.2) is 23.2 Å². The highest BCUT2D eigenvalue weighted by atomic mass is 32.2. The molecular formula is C20H24N6O7S2. The molecular weight excluding hydrogens is 500 g/mol.